The van der Waals surface area contributed by atoms with E-state index >= 15 is 0 Å². The van der Waals surface area contributed by atoms with Crippen molar-refractivity contribution in [2.24, 2.45) is 5.92 Å². The first kappa shape index (κ1) is 34.1. The topological polar surface area (TPSA) is 116 Å². The van der Waals surface area contributed by atoms with Crippen molar-refractivity contribution in [3.05, 3.63) is 53.0 Å². The summed E-state index contributed by atoms with van der Waals surface area (Å²) in [7, 11) is -5.81. The summed E-state index contributed by atoms with van der Waals surface area (Å²) >= 11 is 0. The van der Waals surface area contributed by atoms with Crippen LogP contribution in [-0.4, -0.2) is 42.8 Å². The molecule has 0 saturated carbocycles. The van der Waals surface area contributed by atoms with Crippen LogP contribution in [0.4, 0.5) is 17.6 Å². The number of carbonyl (C=O) groups excluding carboxylic acids is 2. The number of oxazole rings is 1. The lowest BCUT2D eigenvalue weighted by molar-refractivity contribution is -0.120. The van der Waals surface area contributed by atoms with Crippen LogP contribution in [0.25, 0.3) is 0 Å². The number of nitrogens with one attached hydrogen (secondary N) is 1. The van der Waals surface area contributed by atoms with E-state index in [0.29, 0.717) is 29.9 Å². The molecule has 13 heteroatoms. The molecule has 8 nitrogen and oxygen atoms in total. The fourth-order valence-electron chi connectivity index (χ4n) is 6.28. The molecule has 0 spiro atoms. The van der Waals surface area contributed by atoms with Crippen molar-refractivity contribution >= 4 is 21.7 Å². The van der Waals surface area contributed by atoms with Crippen molar-refractivity contribution in [3.8, 4) is 0 Å². The summed E-state index contributed by atoms with van der Waals surface area (Å²) in [6, 6.07) is 3.92. The quantitative estimate of drug-likeness (QED) is 0.113. The lowest BCUT2D eigenvalue weighted by Gasteiger charge is -2.26. The molecule has 0 aliphatic carbocycles. The molecule has 1 N–H and O–H groups in total. The third-order valence-corrected chi connectivity index (χ3v) is 9.68. The highest BCUT2D eigenvalue weighted by Gasteiger charge is 2.51. The molecule has 2 aliphatic heterocycles. The number of hydrogen-bond acceptors (Lipinski definition) is 7. The number of benzene rings is 1. The first-order valence-electron chi connectivity index (χ1n) is 15.4. The second-order valence-electron chi connectivity index (χ2n) is 11.8. The van der Waals surface area contributed by atoms with E-state index in [4.69, 9.17) is 9.15 Å². The Bertz CT molecular complexity index is 1390. The van der Waals surface area contributed by atoms with Crippen LogP contribution in [0, 0.1) is 11.7 Å². The smallest absolute Gasteiger partial charge is 0.448 e. The predicted molar refractivity (Wildman–Crippen MR) is 154 cm³/mol. The Morgan fingerprint density at radius 2 is 1.66 bits per heavy atom. The molecule has 0 radical (unpaired) electrons. The number of hydrogen-bond donors (Lipinski definition) is 1. The molecular weight excluding hydrogens is 604 g/mol. The minimum Gasteiger partial charge on any atom is -0.448 e. The first-order chi connectivity index (χ1) is 20.9. The normalized spacial score (nSPS) is 21.6. The predicted octanol–water partition coefficient (Wildman–Crippen LogP) is 6.93. The van der Waals surface area contributed by atoms with Crippen molar-refractivity contribution in [2.45, 2.75) is 120 Å². The summed E-state index contributed by atoms with van der Waals surface area (Å²) in [6.07, 6.45) is 11.6. The average molecular weight is 645 g/mol. The van der Waals surface area contributed by atoms with E-state index in [2.05, 4.69) is 11.9 Å². The van der Waals surface area contributed by atoms with Crippen LogP contribution < -0.4 is 4.72 Å². The molecule has 2 fully saturated rings. The van der Waals surface area contributed by atoms with E-state index in [1.54, 1.807) is 0 Å². The number of halogens is 4. The number of ether oxygens (including phenoxy) is 1. The summed E-state index contributed by atoms with van der Waals surface area (Å²) < 4.78 is 87.7. The highest BCUT2D eigenvalue weighted by Crippen LogP contribution is 2.50. The van der Waals surface area contributed by atoms with E-state index in [-0.39, 0.29) is 41.9 Å². The zero-order valence-electron chi connectivity index (χ0n) is 24.8. The highest BCUT2D eigenvalue weighted by atomic mass is 32.2. The van der Waals surface area contributed by atoms with Crippen molar-refractivity contribution < 1.29 is 44.7 Å². The molecule has 2 aromatic rings. The molecule has 3 heterocycles. The fraction of sp³-hybridized carbons (Fsp3) is 0.645. The van der Waals surface area contributed by atoms with Gasteiger partial charge in [0.05, 0.1) is 18.1 Å². The number of nitrogens with zero attached hydrogens (tertiary/aromatic N) is 1. The van der Waals surface area contributed by atoms with Gasteiger partial charge in [-0.1, -0.05) is 57.9 Å². The maximum absolute atomic E-state index is 14.3. The number of amides is 1. The minimum absolute atomic E-state index is 0.0789. The minimum atomic E-state index is -5.81. The number of Topliss-reactive ketones (excluding diaryl/α,β-unsaturated/α-hetero) is 1. The SMILES string of the molecule is CCCCCCCCCCC(=O)c1coc(C2C3CCC(O3)C2Cc2cc(F)ccc2CCC(=O)NS(=O)(=O)C(F)(F)F)n1. The number of carbonyl (C=O) groups is 2. The van der Waals surface area contributed by atoms with E-state index < -0.39 is 33.7 Å². The number of unbranched alkanes of at least 4 members (excludes halogenated alkanes) is 7. The molecule has 1 aromatic heterocycles. The van der Waals surface area contributed by atoms with Crippen molar-refractivity contribution in [1.29, 1.82) is 0 Å². The van der Waals surface area contributed by atoms with Gasteiger partial charge >= 0.3 is 15.5 Å². The van der Waals surface area contributed by atoms with Gasteiger partial charge in [0.1, 0.15) is 17.8 Å². The molecule has 244 valence electrons. The molecule has 1 aromatic carbocycles. The van der Waals surface area contributed by atoms with E-state index in [1.165, 1.54) is 56.6 Å². The zero-order chi connectivity index (χ0) is 31.9. The number of alkyl halides is 3. The highest BCUT2D eigenvalue weighted by molar-refractivity contribution is 7.90. The standard InChI is InChI=1S/C31H40F4N2O6S/c1-2-3-4-5-6-7-8-9-10-25(38)24-19-42-30(36-24)29-23(26-14-15-27(29)43-26)18-21-17-22(32)13-11-20(21)12-16-28(39)37-44(40,41)31(33,34)35/h11,13,17,19,23,26-27,29H,2-10,12,14-16,18H2,1H3,(H,37,39). The van der Waals surface area contributed by atoms with Gasteiger partial charge in [-0.15, -0.1) is 0 Å². The Morgan fingerprint density at radius 1 is 0.977 bits per heavy atom. The number of aryl methyl sites for hydroxylation is 1. The Kier molecular flexibility index (Phi) is 11.6. The summed E-state index contributed by atoms with van der Waals surface area (Å²) in [5.74, 6) is -2.00. The monoisotopic (exact) mass is 644 g/mol. The van der Waals surface area contributed by atoms with Gasteiger partial charge in [0.25, 0.3) is 0 Å². The molecule has 1 amide bonds. The van der Waals surface area contributed by atoms with Crippen molar-refractivity contribution in [2.75, 3.05) is 0 Å². The molecule has 2 aliphatic rings. The lowest BCUT2D eigenvalue weighted by Crippen LogP contribution is -2.40. The summed E-state index contributed by atoms with van der Waals surface area (Å²) in [6.45, 7) is 2.19. The summed E-state index contributed by atoms with van der Waals surface area (Å²) in [5.41, 5.74) is -4.31. The van der Waals surface area contributed by atoms with Gasteiger partial charge in [-0.25, -0.2) is 14.1 Å². The maximum Gasteiger partial charge on any atom is 0.516 e. The van der Waals surface area contributed by atoms with Gasteiger partial charge in [-0.2, -0.15) is 21.6 Å². The van der Waals surface area contributed by atoms with Crippen LogP contribution in [0.2, 0.25) is 0 Å². The van der Waals surface area contributed by atoms with Gasteiger partial charge in [0.15, 0.2) is 5.78 Å². The second kappa shape index (κ2) is 15.0. The van der Waals surface area contributed by atoms with Gasteiger partial charge in [0, 0.05) is 18.8 Å². The number of sulfonamides is 1. The Labute approximate surface area is 255 Å². The largest absolute Gasteiger partial charge is 0.516 e. The summed E-state index contributed by atoms with van der Waals surface area (Å²) in [5, 5.41) is 0. The van der Waals surface area contributed by atoms with Crippen LogP contribution in [0.3, 0.4) is 0 Å². The van der Waals surface area contributed by atoms with Gasteiger partial charge in [-0.05, 0) is 55.4 Å². The van der Waals surface area contributed by atoms with Crippen LogP contribution in [0.15, 0.2) is 28.9 Å². The van der Waals surface area contributed by atoms with Gasteiger partial charge < -0.3 is 9.15 Å². The maximum atomic E-state index is 14.3. The van der Waals surface area contributed by atoms with E-state index in [1.807, 2.05) is 0 Å². The van der Waals surface area contributed by atoms with E-state index in [9.17, 15) is 35.6 Å². The van der Waals surface area contributed by atoms with Crippen LogP contribution in [-0.2, 0) is 32.4 Å². The molecule has 44 heavy (non-hydrogen) atoms. The molecule has 4 atom stereocenters. The van der Waals surface area contributed by atoms with Crippen LogP contribution >= 0.6 is 0 Å². The van der Waals surface area contributed by atoms with E-state index in [0.717, 1.165) is 36.8 Å². The van der Waals surface area contributed by atoms with Gasteiger partial charge in [-0.3, -0.25) is 9.59 Å². The first-order valence-corrected chi connectivity index (χ1v) is 16.9. The second-order valence-corrected chi connectivity index (χ2v) is 13.5. The molecular formula is C31H40F4N2O6S. The third kappa shape index (κ3) is 8.68. The number of ketones is 1. The molecule has 4 unspecified atom stereocenters. The molecule has 4 rings (SSSR count). The van der Waals surface area contributed by atoms with Crippen molar-refractivity contribution in [3.63, 3.8) is 0 Å². The van der Waals surface area contributed by atoms with Gasteiger partial charge in [0.2, 0.25) is 11.8 Å². The summed E-state index contributed by atoms with van der Waals surface area (Å²) in [4.78, 5) is 29.3. The number of rotatable bonds is 17. The number of aromatic nitrogens is 1. The third-order valence-electron chi connectivity index (χ3n) is 8.57. The lowest BCUT2D eigenvalue weighted by atomic mass is 9.75. The molecule has 2 saturated heterocycles. The molecule has 2 bridgehead atoms. The van der Waals surface area contributed by atoms with Crippen molar-refractivity contribution in [1.82, 2.24) is 9.71 Å². The Morgan fingerprint density at radius 3 is 2.36 bits per heavy atom. The Balaban J connectivity index is 1.38. The Hall–Kier alpha value is -2.80. The average Bonchev–Trinajstić information content (AvgIpc) is 3.70. The fourth-order valence-corrected chi connectivity index (χ4v) is 6.80. The zero-order valence-corrected chi connectivity index (χ0v) is 25.7. The van der Waals surface area contributed by atoms with Crippen LogP contribution in [0.1, 0.15) is 117 Å². The number of fused-ring (bicyclic) bond motifs is 2. The van der Waals surface area contributed by atoms with Crippen LogP contribution in [0.5, 0.6) is 0 Å².